The molecule has 0 saturated carbocycles. The molecule has 0 amide bonds. The fourth-order valence-corrected chi connectivity index (χ4v) is 3.55. The molecule has 0 aromatic heterocycles. The molecule has 1 heterocycles. The van der Waals surface area contributed by atoms with Crippen LogP contribution in [0.1, 0.15) is 16.8 Å². The van der Waals surface area contributed by atoms with Crippen LogP contribution in [0.4, 0.5) is 5.69 Å². The number of aromatic carboxylic acids is 1. The van der Waals surface area contributed by atoms with E-state index in [1.54, 1.807) is 0 Å². The van der Waals surface area contributed by atoms with Gasteiger partial charge in [0.25, 0.3) is 0 Å². The number of primary sulfonamides is 1. The first-order chi connectivity index (χ1) is 9.39. The topological polar surface area (TPSA) is 101 Å². The smallest absolute Gasteiger partial charge is 0.337 e. The van der Waals surface area contributed by atoms with Gasteiger partial charge in [-0.2, -0.15) is 11.8 Å². The van der Waals surface area contributed by atoms with Crippen LogP contribution in [0.15, 0.2) is 23.1 Å². The van der Waals surface area contributed by atoms with E-state index in [0.29, 0.717) is 5.69 Å². The van der Waals surface area contributed by atoms with Crippen molar-refractivity contribution in [1.29, 1.82) is 0 Å². The van der Waals surface area contributed by atoms with Crippen LogP contribution < -0.4 is 10.0 Å². The highest BCUT2D eigenvalue weighted by molar-refractivity contribution is 7.99. The van der Waals surface area contributed by atoms with Crippen molar-refractivity contribution in [1.82, 2.24) is 0 Å². The molecule has 0 radical (unpaired) electrons. The molecule has 8 heteroatoms. The van der Waals surface area contributed by atoms with Crippen molar-refractivity contribution < 1.29 is 18.3 Å². The van der Waals surface area contributed by atoms with Crippen LogP contribution >= 0.6 is 11.8 Å². The van der Waals surface area contributed by atoms with Gasteiger partial charge in [-0.25, -0.2) is 18.4 Å². The highest BCUT2D eigenvalue weighted by Crippen LogP contribution is 2.26. The predicted molar refractivity (Wildman–Crippen MR) is 78.9 cm³/mol. The van der Waals surface area contributed by atoms with Gasteiger partial charge in [0.1, 0.15) is 0 Å². The number of nitrogens with zero attached hydrogens (tertiary/aromatic N) is 1. The summed E-state index contributed by atoms with van der Waals surface area (Å²) in [6, 6.07) is 4.01. The summed E-state index contributed by atoms with van der Waals surface area (Å²) >= 11 is 1.83. The Bertz CT molecular complexity index is 608. The van der Waals surface area contributed by atoms with Crippen molar-refractivity contribution in [3.8, 4) is 0 Å². The summed E-state index contributed by atoms with van der Waals surface area (Å²) in [7, 11) is -3.90. The normalized spacial score (nSPS) is 16.8. The molecule has 6 nitrogen and oxygen atoms in total. The van der Waals surface area contributed by atoms with Crippen LogP contribution in [0.2, 0.25) is 0 Å². The minimum atomic E-state index is -3.90. The predicted octanol–water partition coefficient (Wildman–Crippen LogP) is 0.976. The highest BCUT2D eigenvalue weighted by atomic mass is 32.2. The van der Waals surface area contributed by atoms with Crippen molar-refractivity contribution in [2.45, 2.75) is 11.3 Å². The number of hydrogen-bond donors (Lipinski definition) is 2. The molecule has 1 aromatic carbocycles. The Hall–Kier alpha value is -1.25. The van der Waals surface area contributed by atoms with Crippen LogP contribution in [0.25, 0.3) is 0 Å². The van der Waals surface area contributed by atoms with Gasteiger partial charge in [-0.3, -0.25) is 0 Å². The summed E-state index contributed by atoms with van der Waals surface area (Å²) < 4.78 is 22.6. The Kier molecular flexibility index (Phi) is 4.56. The molecule has 2 rings (SSSR count). The zero-order chi connectivity index (χ0) is 14.8. The van der Waals surface area contributed by atoms with Gasteiger partial charge < -0.3 is 10.0 Å². The third-order valence-electron chi connectivity index (χ3n) is 3.09. The molecule has 1 aliphatic rings. The molecule has 20 heavy (non-hydrogen) atoms. The first kappa shape index (κ1) is 15.1. The lowest BCUT2D eigenvalue weighted by Crippen LogP contribution is -2.27. The minimum absolute atomic E-state index is 0.0246. The number of hydrogen-bond acceptors (Lipinski definition) is 5. The van der Waals surface area contributed by atoms with Gasteiger partial charge in [-0.1, -0.05) is 0 Å². The van der Waals surface area contributed by atoms with E-state index in [2.05, 4.69) is 0 Å². The van der Waals surface area contributed by atoms with Crippen molar-refractivity contribution in [2.24, 2.45) is 5.14 Å². The van der Waals surface area contributed by atoms with Gasteiger partial charge in [0.05, 0.1) is 16.1 Å². The second-order valence-electron chi connectivity index (χ2n) is 4.48. The van der Waals surface area contributed by atoms with Crippen LogP contribution in [0.3, 0.4) is 0 Å². The average Bonchev–Trinajstić information content (AvgIpc) is 2.65. The average molecular weight is 316 g/mol. The number of sulfonamides is 1. The van der Waals surface area contributed by atoms with E-state index in [4.69, 9.17) is 5.14 Å². The molecule has 1 saturated heterocycles. The van der Waals surface area contributed by atoms with Crippen LogP contribution in [0.5, 0.6) is 0 Å². The summed E-state index contributed by atoms with van der Waals surface area (Å²) in [6.45, 7) is 1.52. The lowest BCUT2D eigenvalue weighted by Gasteiger charge is -2.24. The highest BCUT2D eigenvalue weighted by Gasteiger charge is 2.20. The van der Waals surface area contributed by atoms with Gasteiger partial charge in [-0.05, 0) is 30.4 Å². The first-order valence-electron chi connectivity index (χ1n) is 6.12. The number of carboxylic acids is 1. The van der Waals surface area contributed by atoms with Crippen LogP contribution in [-0.2, 0) is 10.0 Å². The molecule has 0 aliphatic carbocycles. The molecule has 110 valence electrons. The van der Waals surface area contributed by atoms with Gasteiger partial charge in [0, 0.05) is 18.8 Å². The fraction of sp³-hybridized carbons (Fsp3) is 0.417. The summed E-state index contributed by atoms with van der Waals surface area (Å²) in [5.41, 5.74) is 0.524. The Morgan fingerprint density at radius 2 is 2.05 bits per heavy atom. The van der Waals surface area contributed by atoms with Gasteiger partial charge >= 0.3 is 5.97 Å². The monoisotopic (exact) mass is 316 g/mol. The number of carboxylic acid groups (broad SMARTS) is 1. The number of rotatable bonds is 3. The number of thioether (sulfide) groups is 1. The number of nitrogens with two attached hydrogens (primary N) is 1. The maximum atomic E-state index is 11.4. The van der Waals surface area contributed by atoms with Gasteiger partial charge in [-0.15, -0.1) is 0 Å². The third-order valence-corrected chi connectivity index (χ3v) is 5.05. The van der Waals surface area contributed by atoms with Gasteiger partial charge in [0.2, 0.25) is 10.0 Å². The Labute approximate surface area is 122 Å². The largest absolute Gasteiger partial charge is 0.478 e. The number of anilines is 1. The summed E-state index contributed by atoms with van der Waals surface area (Å²) in [6.07, 6.45) is 0.973. The van der Waals surface area contributed by atoms with E-state index in [1.165, 1.54) is 12.1 Å². The molecule has 3 N–H and O–H groups in total. The van der Waals surface area contributed by atoms with Crippen molar-refractivity contribution in [3.63, 3.8) is 0 Å². The molecule has 1 aliphatic heterocycles. The Balaban J connectivity index is 2.44. The second kappa shape index (κ2) is 6.02. The molecular formula is C12H16N2O4S2. The van der Waals surface area contributed by atoms with Gasteiger partial charge in [0.15, 0.2) is 0 Å². The molecule has 1 aromatic rings. The van der Waals surface area contributed by atoms with Crippen molar-refractivity contribution in [3.05, 3.63) is 23.8 Å². The summed E-state index contributed by atoms with van der Waals surface area (Å²) in [5, 5.41) is 14.3. The SMILES string of the molecule is NS(=O)(=O)c1ccc(N2CCCSCC2)c(C(=O)O)c1. The van der Waals surface area contributed by atoms with Crippen molar-refractivity contribution in [2.75, 3.05) is 29.5 Å². The quantitative estimate of drug-likeness (QED) is 0.862. The van der Waals surface area contributed by atoms with E-state index in [1.807, 2.05) is 16.7 Å². The molecule has 0 spiro atoms. The summed E-state index contributed by atoms with van der Waals surface area (Å²) in [5.74, 6) is 0.826. The lowest BCUT2D eigenvalue weighted by atomic mass is 10.1. The molecule has 0 bridgehead atoms. The number of carbonyl (C=O) groups is 1. The van der Waals surface area contributed by atoms with Crippen LogP contribution in [-0.4, -0.2) is 44.1 Å². The number of benzene rings is 1. The standard InChI is InChI=1S/C12H16N2O4S2/c13-20(17,18)9-2-3-11(10(8-9)12(15)16)14-4-1-6-19-7-5-14/h2-3,8H,1,4-7H2,(H,15,16)(H2,13,17,18). The molecule has 1 fully saturated rings. The van der Waals surface area contributed by atoms with E-state index in [9.17, 15) is 18.3 Å². The molecule has 0 unspecified atom stereocenters. The molecule has 0 atom stereocenters. The van der Waals surface area contributed by atoms with E-state index in [-0.39, 0.29) is 10.5 Å². The zero-order valence-corrected chi connectivity index (χ0v) is 12.4. The fourth-order valence-electron chi connectivity index (χ4n) is 2.13. The Morgan fingerprint density at radius 1 is 1.30 bits per heavy atom. The molecular weight excluding hydrogens is 300 g/mol. The second-order valence-corrected chi connectivity index (χ2v) is 7.27. The summed E-state index contributed by atoms with van der Waals surface area (Å²) in [4.78, 5) is 13.2. The van der Waals surface area contributed by atoms with E-state index in [0.717, 1.165) is 37.1 Å². The zero-order valence-electron chi connectivity index (χ0n) is 10.8. The van der Waals surface area contributed by atoms with Crippen molar-refractivity contribution >= 4 is 33.4 Å². The first-order valence-corrected chi connectivity index (χ1v) is 8.82. The maximum Gasteiger partial charge on any atom is 0.337 e. The minimum Gasteiger partial charge on any atom is -0.478 e. The third kappa shape index (κ3) is 3.44. The maximum absolute atomic E-state index is 11.4. The van der Waals surface area contributed by atoms with Crippen LogP contribution in [0, 0.1) is 0 Å². The van der Waals surface area contributed by atoms with E-state index < -0.39 is 16.0 Å². The van der Waals surface area contributed by atoms with E-state index >= 15 is 0 Å². The Morgan fingerprint density at radius 3 is 2.70 bits per heavy atom. The lowest BCUT2D eigenvalue weighted by molar-refractivity contribution is 0.0697.